The lowest BCUT2D eigenvalue weighted by Gasteiger charge is -1.94. The Morgan fingerprint density at radius 2 is 1.91 bits per heavy atom. The molecule has 7 nitrogen and oxygen atoms in total. The second-order valence-electron chi connectivity index (χ2n) is 4.93. The number of oxazole rings is 1. The van der Waals surface area contributed by atoms with Crippen LogP contribution >= 0.6 is 0 Å². The van der Waals surface area contributed by atoms with Crippen molar-refractivity contribution in [1.29, 1.82) is 0 Å². The van der Waals surface area contributed by atoms with E-state index in [1.807, 2.05) is 0 Å². The van der Waals surface area contributed by atoms with E-state index in [4.69, 9.17) is 8.83 Å². The zero-order valence-corrected chi connectivity index (χ0v) is 12.3. The maximum absolute atomic E-state index is 12.1. The third kappa shape index (κ3) is 2.98. The number of rotatable bonds is 3. The predicted octanol–water partition coefficient (Wildman–Crippen LogP) is 0.335. The lowest BCUT2D eigenvalue weighted by atomic mass is 10.2. The third-order valence-corrected chi connectivity index (χ3v) is 3.10. The summed E-state index contributed by atoms with van der Waals surface area (Å²) in [7, 11) is 0. The van der Waals surface area contributed by atoms with Crippen LogP contribution in [-0.4, -0.2) is 15.0 Å². The molecular formula is C16H13N3O4. The Bertz CT molecular complexity index is 1080. The summed E-state index contributed by atoms with van der Waals surface area (Å²) in [6.07, 6.45) is 7.15. The number of furan rings is 1. The van der Waals surface area contributed by atoms with Crippen molar-refractivity contribution in [2.45, 2.75) is 6.92 Å². The Kier molecular flexibility index (Phi) is 3.68. The van der Waals surface area contributed by atoms with Gasteiger partial charge in [-0.15, -0.1) is 0 Å². The smallest absolute Gasteiger partial charge is 0.272 e. The molecule has 116 valence electrons. The molecule has 0 fully saturated rings. The molecular weight excluding hydrogens is 298 g/mol. The summed E-state index contributed by atoms with van der Waals surface area (Å²) in [5.41, 5.74) is 0.874. The first-order valence-corrected chi connectivity index (χ1v) is 6.72. The zero-order chi connectivity index (χ0) is 16.4. The summed E-state index contributed by atoms with van der Waals surface area (Å²) in [5.74, 6) is 0.458. The predicted molar refractivity (Wildman–Crippen MR) is 84.0 cm³/mol. The molecule has 0 saturated carbocycles. The molecule has 0 aromatic carbocycles. The van der Waals surface area contributed by atoms with Gasteiger partial charge in [0.05, 0.1) is 12.5 Å². The Labute approximate surface area is 129 Å². The van der Waals surface area contributed by atoms with E-state index < -0.39 is 11.1 Å². The summed E-state index contributed by atoms with van der Waals surface area (Å²) in [6.45, 7) is 5.53. The topological polar surface area (TPSA) is 105 Å². The van der Waals surface area contributed by atoms with Crippen molar-refractivity contribution in [3.8, 4) is 0 Å². The lowest BCUT2D eigenvalue weighted by molar-refractivity contribution is 0.544. The first kappa shape index (κ1) is 14.6. The van der Waals surface area contributed by atoms with Gasteiger partial charge in [0.2, 0.25) is 0 Å². The van der Waals surface area contributed by atoms with Gasteiger partial charge < -0.3 is 18.8 Å². The average Bonchev–Trinajstić information content (AvgIpc) is 3.15. The molecule has 0 atom stereocenters. The Morgan fingerprint density at radius 1 is 1.22 bits per heavy atom. The Hall–Kier alpha value is -3.35. The summed E-state index contributed by atoms with van der Waals surface area (Å²) in [4.78, 5) is 33.3. The van der Waals surface area contributed by atoms with Gasteiger partial charge in [-0.1, -0.05) is 6.58 Å². The summed E-state index contributed by atoms with van der Waals surface area (Å²) in [5, 5.41) is 0.213. The van der Waals surface area contributed by atoms with Crippen LogP contribution in [0.15, 0.2) is 50.0 Å². The normalized spacial score (nSPS) is 12.7. The van der Waals surface area contributed by atoms with E-state index in [0.29, 0.717) is 22.6 Å². The van der Waals surface area contributed by atoms with Crippen molar-refractivity contribution >= 4 is 17.7 Å². The number of aromatic nitrogens is 3. The van der Waals surface area contributed by atoms with Gasteiger partial charge in [-0.3, -0.25) is 9.59 Å². The summed E-state index contributed by atoms with van der Waals surface area (Å²) < 4.78 is 10.1. The molecule has 0 bridgehead atoms. The average molecular weight is 311 g/mol. The van der Waals surface area contributed by atoms with Crippen LogP contribution in [0, 0.1) is 0 Å². The van der Waals surface area contributed by atoms with Gasteiger partial charge in [-0.2, -0.15) is 0 Å². The third-order valence-electron chi connectivity index (χ3n) is 3.10. The summed E-state index contributed by atoms with van der Waals surface area (Å²) >= 11 is 0. The number of allylic oxidation sites excluding steroid dienone is 1. The molecule has 3 aromatic heterocycles. The first-order chi connectivity index (χ1) is 11.0. The van der Waals surface area contributed by atoms with Gasteiger partial charge in [-0.05, 0) is 30.7 Å². The van der Waals surface area contributed by atoms with E-state index in [1.165, 1.54) is 31.1 Å². The number of nitrogens with one attached hydrogen (secondary N) is 2. The van der Waals surface area contributed by atoms with Crippen molar-refractivity contribution in [1.82, 2.24) is 15.0 Å². The maximum atomic E-state index is 12.1. The SMILES string of the molecule is C=C(C)c1ocnc1/C=c1\[nH]c(=O)/c(=C/c2ccoc2)[nH]c1=O. The van der Waals surface area contributed by atoms with E-state index in [1.54, 1.807) is 13.0 Å². The molecule has 3 heterocycles. The van der Waals surface area contributed by atoms with Crippen LogP contribution < -0.4 is 21.8 Å². The monoisotopic (exact) mass is 311 g/mol. The fraction of sp³-hybridized carbons (Fsp3) is 0.0625. The van der Waals surface area contributed by atoms with Crippen LogP contribution in [0.4, 0.5) is 0 Å². The highest BCUT2D eigenvalue weighted by Gasteiger charge is 2.07. The lowest BCUT2D eigenvalue weighted by Crippen LogP contribution is -2.46. The highest BCUT2D eigenvalue weighted by molar-refractivity contribution is 5.65. The fourth-order valence-electron chi connectivity index (χ4n) is 2.03. The van der Waals surface area contributed by atoms with Crippen LogP contribution in [0.1, 0.15) is 23.9 Å². The number of nitrogens with zero attached hydrogens (tertiary/aromatic N) is 1. The van der Waals surface area contributed by atoms with Gasteiger partial charge >= 0.3 is 0 Å². The molecule has 0 saturated heterocycles. The zero-order valence-electron chi connectivity index (χ0n) is 12.3. The van der Waals surface area contributed by atoms with Gasteiger partial charge in [0, 0.05) is 5.56 Å². The molecule has 3 rings (SSSR count). The van der Waals surface area contributed by atoms with Crippen molar-refractivity contribution in [3.63, 3.8) is 0 Å². The van der Waals surface area contributed by atoms with E-state index in [-0.39, 0.29) is 10.7 Å². The molecule has 3 aromatic rings. The Morgan fingerprint density at radius 3 is 2.52 bits per heavy atom. The van der Waals surface area contributed by atoms with E-state index in [0.717, 1.165) is 0 Å². The van der Waals surface area contributed by atoms with Crippen molar-refractivity contribution in [2.24, 2.45) is 0 Å². The largest absolute Gasteiger partial charge is 0.472 e. The van der Waals surface area contributed by atoms with E-state index in [2.05, 4.69) is 21.5 Å². The highest BCUT2D eigenvalue weighted by Crippen LogP contribution is 2.15. The number of aromatic amines is 2. The highest BCUT2D eigenvalue weighted by atomic mass is 16.3. The Balaban J connectivity index is 2.16. The van der Waals surface area contributed by atoms with Crippen LogP contribution in [0.3, 0.4) is 0 Å². The molecule has 0 aliphatic rings. The van der Waals surface area contributed by atoms with Gasteiger partial charge in [0.25, 0.3) is 11.1 Å². The standard InChI is InChI=1S/C16H13N3O4/c1-9(2)14-11(17-8-23-14)6-13-16(21)18-12(15(20)19-13)5-10-3-4-22-7-10/h3-8H,1H2,2H3,(H,18,21)(H,19,20)/b12-5-,13-6-. The molecule has 0 radical (unpaired) electrons. The molecule has 2 N–H and O–H groups in total. The van der Waals surface area contributed by atoms with Crippen LogP contribution in [0.5, 0.6) is 0 Å². The molecule has 0 aliphatic heterocycles. The molecule has 0 unspecified atom stereocenters. The van der Waals surface area contributed by atoms with Crippen molar-refractivity contribution < 1.29 is 8.83 Å². The van der Waals surface area contributed by atoms with Gasteiger partial charge in [-0.25, -0.2) is 4.98 Å². The van der Waals surface area contributed by atoms with Crippen LogP contribution in [0.2, 0.25) is 0 Å². The van der Waals surface area contributed by atoms with Gasteiger partial charge in [0.1, 0.15) is 16.4 Å². The fourth-order valence-corrected chi connectivity index (χ4v) is 2.03. The molecule has 7 heteroatoms. The minimum absolute atomic E-state index is 0.0794. The van der Waals surface area contributed by atoms with Crippen LogP contribution in [-0.2, 0) is 0 Å². The minimum atomic E-state index is -0.449. The van der Waals surface area contributed by atoms with Crippen molar-refractivity contribution in [3.05, 3.63) is 80.0 Å². The second-order valence-corrected chi connectivity index (χ2v) is 4.93. The van der Waals surface area contributed by atoms with Crippen molar-refractivity contribution in [2.75, 3.05) is 0 Å². The molecule has 23 heavy (non-hydrogen) atoms. The number of H-pyrrole nitrogens is 2. The molecule has 0 aliphatic carbocycles. The minimum Gasteiger partial charge on any atom is -0.472 e. The van der Waals surface area contributed by atoms with E-state index >= 15 is 0 Å². The first-order valence-electron chi connectivity index (χ1n) is 6.72. The number of hydrogen-bond donors (Lipinski definition) is 2. The quantitative estimate of drug-likeness (QED) is 0.725. The van der Waals surface area contributed by atoms with Crippen LogP contribution in [0.25, 0.3) is 17.7 Å². The summed E-state index contributed by atoms with van der Waals surface area (Å²) in [6, 6.07) is 1.67. The maximum Gasteiger partial charge on any atom is 0.272 e. The number of hydrogen-bond acceptors (Lipinski definition) is 5. The molecule has 0 spiro atoms. The molecule has 0 amide bonds. The van der Waals surface area contributed by atoms with E-state index in [9.17, 15) is 9.59 Å². The van der Waals surface area contributed by atoms with Gasteiger partial charge in [0.15, 0.2) is 12.2 Å². The second kappa shape index (κ2) is 5.80.